The second-order valence-corrected chi connectivity index (χ2v) is 11.7. The molecule has 4 aliphatic heterocycles. The van der Waals surface area contributed by atoms with Crippen LogP contribution in [0.3, 0.4) is 0 Å². The molecule has 5 N–H and O–H groups in total. The molecule has 11 heteroatoms. The summed E-state index contributed by atoms with van der Waals surface area (Å²) < 4.78 is 18.2. The number of phenols is 2. The molecule has 0 aromatic heterocycles. The van der Waals surface area contributed by atoms with Crippen LogP contribution in [0.2, 0.25) is 0 Å². The summed E-state index contributed by atoms with van der Waals surface area (Å²) in [6.45, 7) is 9.62. The Labute approximate surface area is 245 Å². The van der Waals surface area contributed by atoms with Gasteiger partial charge in [0.1, 0.15) is 18.4 Å². The molecule has 2 bridgehead atoms. The molecule has 6 atom stereocenters. The standard InChI is InChI=1S/C31H37N5O6/c1-6-7-40-28-15(3)29-30(42-13-41-29)24-18(28)10-20-25-23-17(8-14(2)26(37)27(23)38)9-19(35(25)5)21(11-32)36(20)22(24)12-34-31(39)16(4)33/h6,8,16,19-22,25,37-38H,1,7,9-10,12-13,33H2,2-5H3,(H,34,39)/t16-,19-,20?,21-,22-,25+/m0/s1. The number of piperazine rings is 1. The zero-order chi connectivity index (χ0) is 30.0. The molecular formula is C31H37N5O6. The molecular weight excluding hydrogens is 538 g/mol. The zero-order valence-corrected chi connectivity index (χ0v) is 24.3. The van der Waals surface area contributed by atoms with Crippen LogP contribution in [-0.2, 0) is 17.6 Å². The highest BCUT2D eigenvalue weighted by molar-refractivity contribution is 5.81. The number of aromatic hydroxyl groups is 2. The SMILES string of the molecule is C=CCOc1c(C)c2c(c3c1CC1[C@@H]4c5c(cc(C)c(O)c5O)C[C@@H]([C@H](C#N)N1[C@H]3CNC(=O)[C@H](C)N)N4C)OCO2. The molecule has 11 nitrogen and oxygen atoms in total. The number of rotatable bonds is 6. The zero-order valence-electron chi connectivity index (χ0n) is 24.3. The number of nitrogens with zero attached hydrogens (tertiary/aromatic N) is 3. The second kappa shape index (κ2) is 10.4. The van der Waals surface area contributed by atoms with Gasteiger partial charge in [0.05, 0.1) is 24.2 Å². The molecule has 1 fully saturated rings. The van der Waals surface area contributed by atoms with Gasteiger partial charge in [-0.2, -0.15) is 5.26 Å². The maximum absolute atomic E-state index is 12.8. The van der Waals surface area contributed by atoms with Gasteiger partial charge in [-0.3, -0.25) is 14.6 Å². The van der Waals surface area contributed by atoms with Crippen LogP contribution in [0.15, 0.2) is 18.7 Å². The van der Waals surface area contributed by atoms with Gasteiger partial charge in [0, 0.05) is 40.9 Å². The quantitative estimate of drug-likeness (QED) is 0.298. The van der Waals surface area contributed by atoms with Crippen LogP contribution in [0.1, 0.15) is 52.4 Å². The molecule has 42 heavy (non-hydrogen) atoms. The van der Waals surface area contributed by atoms with Crippen molar-refractivity contribution >= 4 is 5.91 Å². The fraction of sp³-hybridized carbons (Fsp3) is 0.484. The number of amides is 1. The summed E-state index contributed by atoms with van der Waals surface area (Å²) in [5.74, 6) is 1.25. The van der Waals surface area contributed by atoms with Gasteiger partial charge >= 0.3 is 0 Å². The summed E-state index contributed by atoms with van der Waals surface area (Å²) >= 11 is 0. The molecule has 0 aliphatic carbocycles. The summed E-state index contributed by atoms with van der Waals surface area (Å²) in [5, 5.41) is 35.8. The van der Waals surface area contributed by atoms with E-state index in [1.807, 2.05) is 20.0 Å². The highest BCUT2D eigenvalue weighted by atomic mass is 16.7. The summed E-state index contributed by atoms with van der Waals surface area (Å²) in [5.41, 5.74) is 10.6. The van der Waals surface area contributed by atoms with Crippen molar-refractivity contribution in [1.82, 2.24) is 15.1 Å². The Morgan fingerprint density at radius 1 is 1.26 bits per heavy atom. The first-order valence-electron chi connectivity index (χ1n) is 14.3. The van der Waals surface area contributed by atoms with Crippen molar-refractivity contribution in [2.45, 2.75) is 69.9 Å². The molecule has 222 valence electrons. The summed E-state index contributed by atoms with van der Waals surface area (Å²) in [6.07, 6.45) is 2.66. The van der Waals surface area contributed by atoms with E-state index in [0.717, 1.165) is 22.3 Å². The van der Waals surface area contributed by atoms with E-state index in [-0.39, 0.29) is 55.5 Å². The van der Waals surface area contributed by atoms with E-state index in [1.165, 1.54) is 0 Å². The molecule has 1 unspecified atom stereocenters. The van der Waals surface area contributed by atoms with Crippen molar-refractivity contribution in [3.8, 4) is 34.8 Å². The van der Waals surface area contributed by atoms with E-state index >= 15 is 0 Å². The molecule has 2 aromatic rings. The monoisotopic (exact) mass is 575 g/mol. The topological polar surface area (TPSA) is 154 Å². The molecule has 4 aliphatic rings. The second-order valence-electron chi connectivity index (χ2n) is 11.7. The van der Waals surface area contributed by atoms with E-state index in [2.05, 4.69) is 27.8 Å². The number of benzene rings is 2. The average molecular weight is 576 g/mol. The van der Waals surface area contributed by atoms with E-state index in [9.17, 15) is 20.3 Å². The van der Waals surface area contributed by atoms with E-state index in [4.69, 9.17) is 19.9 Å². The normalized spacial score (nSPS) is 26.3. The Kier molecular flexibility index (Phi) is 6.96. The number of aryl methyl sites for hydroxylation is 1. The van der Waals surface area contributed by atoms with Gasteiger partial charge < -0.3 is 35.5 Å². The average Bonchev–Trinajstić information content (AvgIpc) is 3.45. The molecule has 0 saturated carbocycles. The van der Waals surface area contributed by atoms with Crippen LogP contribution in [-0.4, -0.2) is 77.1 Å². The van der Waals surface area contributed by atoms with Gasteiger partial charge in [-0.15, -0.1) is 0 Å². The largest absolute Gasteiger partial charge is 0.504 e. The van der Waals surface area contributed by atoms with Gasteiger partial charge in [0.2, 0.25) is 12.7 Å². The molecule has 6 rings (SSSR count). The van der Waals surface area contributed by atoms with Crippen molar-refractivity contribution < 1.29 is 29.2 Å². The van der Waals surface area contributed by atoms with Crippen LogP contribution in [0.4, 0.5) is 0 Å². The van der Waals surface area contributed by atoms with Crippen LogP contribution >= 0.6 is 0 Å². The first kappa shape index (κ1) is 28.2. The Morgan fingerprint density at radius 3 is 2.69 bits per heavy atom. The van der Waals surface area contributed by atoms with E-state index < -0.39 is 18.1 Å². The molecule has 1 saturated heterocycles. The third kappa shape index (κ3) is 4.01. The van der Waals surface area contributed by atoms with Crippen LogP contribution in [0.5, 0.6) is 28.7 Å². The number of fused-ring (bicyclic) bond motifs is 9. The Bertz CT molecular complexity index is 1520. The molecule has 2 aromatic carbocycles. The molecule has 4 heterocycles. The maximum atomic E-state index is 12.8. The summed E-state index contributed by atoms with van der Waals surface area (Å²) in [7, 11) is 1.97. The highest BCUT2D eigenvalue weighted by Gasteiger charge is 2.56. The first-order valence-corrected chi connectivity index (χ1v) is 14.3. The Morgan fingerprint density at radius 2 is 2.00 bits per heavy atom. The number of ether oxygens (including phenoxy) is 3. The van der Waals surface area contributed by atoms with E-state index in [0.29, 0.717) is 41.2 Å². The highest BCUT2D eigenvalue weighted by Crippen LogP contribution is 2.58. The van der Waals surface area contributed by atoms with Gasteiger partial charge in [0.25, 0.3) is 0 Å². The maximum Gasteiger partial charge on any atom is 0.236 e. The minimum atomic E-state index is -0.715. The fourth-order valence-electron chi connectivity index (χ4n) is 7.48. The number of phenolic OH excluding ortho intramolecular Hbond substituents is 2. The Balaban J connectivity index is 1.60. The smallest absolute Gasteiger partial charge is 0.236 e. The molecule has 0 radical (unpaired) electrons. The fourth-order valence-corrected chi connectivity index (χ4v) is 7.48. The van der Waals surface area contributed by atoms with Crippen molar-refractivity contribution in [3.63, 3.8) is 0 Å². The number of nitriles is 1. The van der Waals surface area contributed by atoms with Gasteiger partial charge in [-0.25, -0.2) is 0 Å². The van der Waals surface area contributed by atoms with Crippen molar-refractivity contribution in [3.05, 3.63) is 52.1 Å². The number of hydrogen-bond donors (Lipinski definition) is 4. The number of hydrogen-bond acceptors (Lipinski definition) is 10. The van der Waals surface area contributed by atoms with Crippen LogP contribution in [0.25, 0.3) is 0 Å². The lowest BCUT2D eigenvalue weighted by Crippen LogP contribution is -2.68. The third-order valence-corrected chi connectivity index (χ3v) is 9.31. The minimum Gasteiger partial charge on any atom is -0.504 e. The third-order valence-electron chi connectivity index (χ3n) is 9.31. The van der Waals surface area contributed by atoms with Crippen molar-refractivity contribution in [2.75, 3.05) is 27.0 Å². The first-order chi connectivity index (χ1) is 20.1. The predicted octanol–water partition coefficient (Wildman–Crippen LogP) is 2.24. The molecule has 1 amide bonds. The van der Waals surface area contributed by atoms with Gasteiger partial charge in [0.15, 0.2) is 23.0 Å². The van der Waals surface area contributed by atoms with Gasteiger partial charge in [-0.1, -0.05) is 18.7 Å². The van der Waals surface area contributed by atoms with Crippen molar-refractivity contribution in [2.24, 2.45) is 5.73 Å². The van der Waals surface area contributed by atoms with E-state index in [1.54, 1.807) is 19.9 Å². The van der Waals surface area contributed by atoms with Crippen LogP contribution < -0.4 is 25.3 Å². The summed E-state index contributed by atoms with van der Waals surface area (Å²) in [6, 6.07) is 1.86. The molecule has 0 spiro atoms. The predicted molar refractivity (Wildman–Crippen MR) is 154 cm³/mol. The lowest BCUT2D eigenvalue weighted by atomic mass is 9.71. The number of carbonyl (C=O) groups excluding carboxylic acids is 1. The van der Waals surface area contributed by atoms with Crippen LogP contribution in [0, 0.1) is 25.2 Å². The minimum absolute atomic E-state index is 0.0470. The number of nitrogens with two attached hydrogens (primary N) is 1. The number of carbonyl (C=O) groups is 1. The van der Waals surface area contributed by atoms with Gasteiger partial charge in [-0.05, 0) is 51.8 Å². The lowest BCUT2D eigenvalue weighted by molar-refractivity contribution is -0.123. The number of nitrogens with one attached hydrogen (secondary N) is 1. The lowest BCUT2D eigenvalue weighted by Gasteiger charge is -2.60. The van der Waals surface area contributed by atoms with Crippen molar-refractivity contribution in [1.29, 1.82) is 5.26 Å². The number of likely N-dealkylation sites (N-methyl/N-ethyl adjacent to an activating group) is 1. The Hall–Kier alpha value is -3.98. The summed E-state index contributed by atoms with van der Waals surface area (Å²) in [4.78, 5) is 17.1.